The Balaban J connectivity index is 2.77. The lowest BCUT2D eigenvalue weighted by Gasteiger charge is -2.09. The lowest BCUT2D eigenvalue weighted by molar-refractivity contribution is -0.133. The smallest absolute Gasteiger partial charge is 0.344 e. The van der Waals surface area contributed by atoms with Crippen molar-refractivity contribution >= 4 is 29.5 Å². The third-order valence-corrected chi connectivity index (χ3v) is 3.81. The van der Waals surface area contributed by atoms with Crippen molar-refractivity contribution in [3.05, 3.63) is 10.5 Å². The molecule has 0 saturated carbocycles. The number of aromatic amines is 1. The van der Waals surface area contributed by atoms with Crippen LogP contribution in [0.25, 0.3) is 0 Å². The highest BCUT2D eigenvalue weighted by Gasteiger charge is 2.12. The van der Waals surface area contributed by atoms with E-state index >= 15 is 0 Å². The SMILES string of the molecule is CSC(C)Cn1c(SCC(=O)O)n[nH]c1=O. The zero-order valence-electron chi connectivity index (χ0n) is 8.97. The van der Waals surface area contributed by atoms with Crippen molar-refractivity contribution in [2.45, 2.75) is 23.9 Å². The van der Waals surface area contributed by atoms with Gasteiger partial charge in [0.25, 0.3) is 0 Å². The fourth-order valence-electron chi connectivity index (χ4n) is 1.03. The van der Waals surface area contributed by atoms with Gasteiger partial charge in [0.1, 0.15) is 0 Å². The van der Waals surface area contributed by atoms with Gasteiger partial charge in [0.05, 0.1) is 5.75 Å². The van der Waals surface area contributed by atoms with Crippen LogP contribution in [0.3, 0.4) is 0 Å². The average molecular weight is 263 g/mol. The van der Waals surface area contributed by atoms with Crippen LogP contribution in [0.2, 0.25) is 0 Å². The summed E-state index contributed by atoms with van der Waals surface area (Å²) in [5.41, 5.74) is -0.297. The molecule has 0 aliphatic rings. The molecule has 1 rings (SSSR count). The molecule has 1 atom stereocenters. The minimum atomic E-state index is -0.926. The normalized spacial score (nSPS) is 12.6. The van der Waals surface area contributed by atoms with Crippen LogP contribution >= 0.6 is 23.5 Å². The number of aromatic nitrogens is 3. The van der Waals surface area contributed by atoms with E-state index in [-0.39, 0.29) is 16.7 Å². The first-order chi connectivity index (χ1) is 7.54. The molecule has 1 aromatic heterocycles. The lowest BCUT2D eigenvalue weighted by Crippen LogP contribution is -2.22. The zero-order chi connectivity index (χ0) is 12.1. The summed E-state index contributed by atoms with van der Waals surface area (Å²) in [6, 6.07) is 0. The minimum absolute atomic E-state index is 0.0993. The number of carboxylic acid groups (broad SMARTS) is 1. The Morgan fingerprint density at radius 2 is 2.38 bits per heavy atom. The second-order valence-corrected chi connectivity index (χ2v) is 5.37. The van der Waals surface area contributed by atoms with Gasteiger partial charge < -0.3 is 5.11 Å². The van der Waals surface area contributed by atoms with E-state index in [2.05, 4.69) is 10.2 Å². The van der Waals surface area contributed by atoms with Gasteiger partial charge in [-0.3, -0.25) is 9.36 Å². The first-order valence-corrected chi connectivity index (χ1v) is 6.84. The number of nitrogens with one attached hydrogen (secondary N) is 1. The molecule has 6 nitrogen and oxygen atoms in total. The number of rotatable bonds is 6. The lowest BCUT2D eigenvalue weighted by atomic mass is 10.5. The summed E-state index contributed by atoms with van der Waals surface area (Å²) in [5.74, 6) is -1.03. The standard InChI is InChI=1S/C8H13N3O3S2/c1-5(15-2)3-11-7(14)9-10-8(11)16-4-6(12)13/h5H,3-4H2,1-2H3,(H,9,14)(H,12,13). The molecule has 0 amide bonds. The topological polar surface area (TPSA) is 88.0 Å². The monoisotopic (exact) mass is 263 g/mol. The maximum Gasteiger partial charge on any atom is 0.344 e. The van der Waals surface area contributed by atoms with Crippen LogP contribution in [0.4, 0.5) is 0 Å². The van der Waals surface area contributed by atoms with Crippen molar-refractivity contribution in [2.24, 2.45) is 0 Å². The summed E-state index contributed by atoms with van der Waals surface area (Å²) in [4.78, 5) is 21.8. The van der Waals surface area contributed by atoms with Crippen LogP contribution in [-0.4, -0.2) is 43.1 Å². The van der Waals surface area contributed by atoms with Gasteiger partial charge in [0, 0.05) is 11.8 Å². The number of carbonyl (C=O) groups is 1. The van der Waals surface area contributed by atoms with Gasteiger partial charge in [-0.05, 0) is 6.26 Å². The molecule has 1 heterocycles. The van der Waals surface area contributed by atoms with Gasteiger partial charge in [-0.25, -0.2) is 9.89 Å². The second kappa shape index (κ2) is 6.00. The van der Waals surface area contributed by atoms with Gasteiger partial charge in [-0.2, -0.15) is 11.8 Å². The van der Waals surface area contributed by atoms with Gasteiger partial charge in [0.2, 0.25) is 0 Å². The van der Waals surface area contributed by atoms with Gasteiger partial charge in [0.15, 0.2) is 5.16 Å². The summed E-state index contributed by atoms with van der Waals surface area (Å²) in [5, 5.41) is 15.4. The van der Waals surface area contributed by atoms with Crippen LogP contribution in [0.1, 0.15) is 6.92 Å². The molecule has 0 spiro atoms. The number of thioether (sulfide) groups is 2. The molecule has 8 heteroatoms. The summed E-state index contributed by atoms with van der Waals surface area (Å²) < 4.78 is 1.47. The Kier molecular flexibility index (Phi) is 4.94. The van der Waals surface area contributed by atoms with Crippen molar-refractivity contribution in [1.82, 2.24) is 14.8 Å². The Bertz CT molecular complexity index is 415. The first-order valence-electron chi connectivity index (χ1n) is 4.57. The summed E-state index contributed by atoms with van der Waals surface area (Å²) in [7, 11) is 0. The van der Waals surface area contributed by atoms with Crippen LogP contribution in [-0.2, 0) is 11.3 Å². The van der Waals surface area contributed by atoms with E-state index in [4.69, 9.17) is 5.11 Å². The summed E-state index contributed by atoms with van der Waals surface area (Å²) >= 11 is 2.68. The third-order valence-electron chi connectivity index (χ3n) is 1.89. The van der Waals surface area contributed by atoms with E-state index in [9.17, 15) is 9.59 Å². The maximum absolute atomic E-state index is 11.4. The van der Waals surface area contributed by atoms with Crippen LogP contribution < -0.4 is 5.69 Å². The highest BCUT2D eigenvalue weighted by atomic mass is 32.2. The van der Waals surface area contributed by atoms with Crippen molar-refractivity contribution in [1.29, 1.82) is 0 Å². The van der Waals surface area contributed by atoms with E-state index in [1.54, 1.807) is 11.8 Å². The molecule has 0 saturated heterocycles. The van der Waals surface area contributed by atoms with Gasteiger partial charge in [-0.15, -0.1) is 5.10 Å². The van der Waals surface area contributed by atoms with Crippen LogP contribution in [0, 0.1) is 0 Å². The Hall–Kier alpha value is -0.890. The second-order valence-electron chi connectivity index (χ2n) is 3.15. The molecule has 0 bridgehead atoms. The maximum atomic E-state index is 11.4. The molecule has 1 unspecified atom stereocenters. The molecule has 2 N–H and O–H groups in total. The molecular weight excluding hydrogens is 250 g/mol. The van der Waals surface area contributed by atoms with Crippen molar-refractivity contribution < 1.29 is 9.90 Å². The molecule has 0 fully saturated rings. The first kappa shape index (κ1) is 13.2. The van der Waals surface area contributed by atoms with E-state index in [0.29, 0.717) is 11.7 Å². The predicted molar refractivity (Wildman–Crippen MR) is 64.2 cm³/mol. The predicted octanol–water partition coefficient (Wildman–Crippen LogP) is 0.500. The number of H-pyrrole nitrogens is 1. The summed E-state index contributed by atoms with van der Waals surface area (Å²) in [6.45, 7) is 2.52. The van der Waals surface area contributed by atoms with Crippen molar-refractivity contribution in [3.63, 3.8) is 0 Å². The Morgan fingerprint density at radius 3 is 2.94 bits per heavy atom. The van der Waals surface area contributed by atoms with Crippen molar-refractivity contribution in [3.8, 4) is 0 Å². The Labute approximate surface area is 101 Å². The molecule has 0 radical (unpaired) electrons. The molecule has 0 aliphatic carbocycles. The van der Waals surface area contributed by atoms with Gasteiger partial charge >= 0.3 is 11.7 Å². The van der Waals surface area contributed by atoms with Crippen molar-refractivity contribution in [2.75, 3.05) is 12.0 Å². The van der Waals surface area contributed by atoms with Gasteiger partial charge in [-0.1, -0.05) is 18.7 Å². The number of hydrogen-bond acceptors (Lipinski definition) is 5. The molecule has 0 aliphatic heterocycles. The number of aliphatic carboxylic acids is 1. The van der Waals surface area contributed by atoms with E-state index in [1.165, 1.54) is 4.57 Å². The van der Waals surface area contributed by atoms with Crippen LogP contribution in [0.5, 0.6) is 0 Å². The van der Waals surface area contributed by atoms with Crippen LogP contribution in [0.15, 0.2) is 9.95 Å². The fraction of sp³-hybridized carbons (Fsp3) is 0.625. The quantitative estimate of drug-likeness (QED) is 0.727. The summed E-state index contributed by atoms with van der Waals surface area (Å²) in [6.07, 6.45) is 1.96. The average Bonchev–Trinajstić information content (AvgIpc) is 2.57. The molecule has 16 heavy (non-hydrogen) atoms. The molecule has 90 valence electrons. The van der Waals surface area contributed by atoms with E-state index < -0.39 is 5.97 Å². The molecule has 1 aromatic rings. The highest BCUT2D eigenvalue weighted by Crippen LogP contribution is 2.15. The fourth-order valence-corrected chi connectivity index (χ4v) is 2.01. The number of hydrogen-bond donors (Lipinski definition) is 2. The number of nitrogens with zero attached hydrogens (tertiary/aromatic N) is 2. The zero-order valence-corrected chi connectivity index (χ0v) is 10.6. The van der Waals surface area contributed by atoms with E-state index in [0.717, 1.165) is 11.8 Å². The largest absolute Gasteiger partial charge is 0.481 e. The minimum Gasteiger partial charge on any atom is -0.481 e. The molecular formula is C8H13N3O3S2. The van der Waals surface area contributed by atoms with E-state index in [1.807, 2.05) is 13.2 Å². The third kappa shape index (κ3) is 3.60. The number of carboxylic acids is 1. The Morgan fingerprint density at radius 1 is 1.69 bits per heavy atom. The highest BCUT2D eigenvalue weighted by molar-refractivity contribution is 7.99. The molecule has 0 aromatic carbocycles.